The monoisotopic (exact) mass is 370 g/mol. The molecule has 0 N–H and O–H groups in total. The average Bonchev–Trinajstić information content (AvgIpc) is 0. The second kappa shape index (κ2) is 287. The van der Waals surface area contributed by atoms with Gasteiger partial charge in [0.25, 0.3) is 0 Å². The Balaban J connectivity index is 0. The number of nitrogens with zero attached hydrogens (tertiary/aromatic N) is 3. The standard InChI is InChI=1S/5Fe.3N.3O/q5*+3;3*-3;3*-2. The van der Waals surface area contributed by atoms with Gasteiger partial charge < -0.3 is 34.9 Å². The van der Waals surface area contributed by atoms with Gasteiger partial charge >= 0.3 is 85.3 Å². The molecule has 5 radical (unpaired) electrons. The molecule has 0 aliphatic heterocycles. The Bertz CT molecular complexity index is 16.9. The van der Waals surface area contributed by atoms with E-state index in [0.717, 1.165) is 0 Å². The van der Waals surface area contributed by atoms with Gasteiger partial charge in [0, 0.05) is 0 Å². The molecule has 0 bridgehead atoms. The molecule has 0 unspecified atom stereocenters. The van der Waals surface area contributed by atoms with Crippen LogP contribution in [0.25, 0.3) is 18.5 Å². The molecular weight excluding hydrogens is 369 g/mol. The van der Waals surface area contributed by atoms with Crippen molar-refractivity contribution in [1.82, 2.24) is 0 Å². The molecule has 0 saturated carbocycles. The molecule has 0 aromatic carbocycles. The fourth-order valence-corrected chi connectivity index (χ4v) is 0. The number of hydrogen-bond acceptors (Lipinski definition) is 0. The van der Waals surface area contributed by atoms with Crippen LogP contribution in [0.2, 0.25) is 0 Å². The predicted octanol–water partition coefficient (Wildman–Crippen LogP) is 0.497. The zero-order valence-electron chi connectivity index (χ0n) is 4.33. The summed E-state index contributed by atoms with van der Waals surface area (Å²) in [5, 5.41) is 0. The first-order chi connectivity index (χ1) is 0. The summed E-state index contributed by atoms with van der Waals surface area (Å²) in [6.45, 7) is 0. The molecule has 11 heteroatoms. The van der Waals surface area contributed by atoms with Crippen molar-refractivity contribution >= 4 is 0 Å². The SMILES string of the molecule is [Fe+3].[Fe+3].[Fe+3].[Fe+3].[Fe+3].[N-3].[N-3].[N-3].[O-2].[O-2].[O-2]. The fourth-order valence-electron chi connectivity index (χ4n) is 0. The molecule has 0 aliphatic carbocycles. The topological polar surface area (TPSA) is 177 Å². The zero-order chi connectivity index (χ0) is 0. The molecule has 0 aromatic rings. The molecule has 0 saturated heterocycles. The maximum absolute atomic E-state index is 0. The first kappa shape index (κ1) is 367. The smallest absolute Gasteiger partial charge is 3.00 e. The Labute approximate surface area is 119 Å². The van der Waals surface area contributed by atoms with Gasteiger partial charge in [-0.2, -0.15) is 0 Å². The van der Waals surface area contributed by atoms with Crippen LogP contribution in [-0.2, 0) is 102 Å². The summed E-state index contributed by atoms with van der Waals surface area (Å²) < 4.78 is 0. The third-order valence-corrected chi connectivity index (χ3v) is 0. The molecule has 0 rings (SSSR count). The van der Waals surface area contributed by atoms with Crippen molar-refractivity contribution in [1.29, 1.82) is 0 Å². The minimum atomic E-state index is 0. The summed E-state index contributed by atoms with van der Waals surface area (Å²) in [5.41, 5.74) is 0. The van der Waals surface area contributed by atoms with Crippen LogP contribution >= 0.6 is 0 Å². The summed E-state index contributed by atoms with van der Waals surface area (Å²) in [6, 6.07) is 0. The average molecular weight is 369 g/mol. The van der Waals surface area contributed by atoms with Crippen molar-refractivity contribution in [3.05, 3.63) is 18.5 Å². The van der Waals surface area contributed by atoms with Crippen LogP contribution in [0.5, 0.6) is 0 Å². The van der Waals surface area contributed by atoms with E-state index in [1.54, 1.807) is 0 Å². The molecule has 0 atom stereocenters. The summed E-state index contributed by atoms with van der Waals surface area (Å²) >= 11 is 0. The van der Waals surface area contributed by atoms with E-state index in [2.05, 4.69) is 0 Å². The molecule has 0 aliphatic rings. The quantitative estimate of drug-likeness (QED) is 0.540. The molecule has 0 spiro atoms. The molecule has 0 fully saturated rings. The van der Waals surface area contributed by atoms with Crippen molar-refractivity contribution in [3.63, 3.8) is 0 Å². The molecule has 6 nitrogen and oxygen atoms in total. The van der Waals surface area contributed by atoms with E-state index in [-0.39, 0.29) is 120 Å². The third kappa shape index (κ3) is 239. The van der Waals surface area contributed by atoms with Gasteiger partial charge in [-0.3, -0.25) is 0 Å². The summed E-state index contributed by atoms with van der Waals surface area (Å²) in [7, 11) is 0. The number of rotatable bonds is 0. The normalized spacial score (nSPS) is 0. The van der Waals surface area contributed by atoms with Crippen molar-refractivity contribution in [3.8, 4) is 0 Å². The second-order valence-corrected chi connectivity index (χ2v) is 0. The molecule has 0 aromatic heterocycles. The van der Waals surface area contributed by atoms with E-state index in [0.29, 0.717) is 0 Å². The van der Waals surface area contributed by atoms with Gasteiger partial charge in [-0.05, 0) is 0 Å². The molecule has 0 heterocycles. The Kier molecular flexibility index (Phi) is 9570. The van der Waals surface area contributed by atoms with Crippen LogP contribution in [-0.4, -0.2) is 0 Å². The zero-order valence-corrected chi connectivity index (χ0v) is 9.86. The van der Waals surface area contributed by atoms with Crippen molar-refractivity contribution in [2.45, 2.75) is 0 Å². The van der Waals surface area contributed by atoms with Crippen LogP contribution in [0.15, 0.2) is 0 Å². The van der Waals surface area contributed by atoms with Crippen molar-refractivity contribution in [2.24, 2.45) is 0 Å². The first-order valence-corrected chi connectivity index (χ1v) is 0. The van der Waals surface area contributed by atoms with Crippen molar-refractivity contribution < 1.29 is 102 Å². The molecule has 0 amide bonds. The number of hydrogen-bond donors (Lipinski definition) is 0. The van der Waals surface area contributed by atoms with Crippen LogP contribution in [0.4, 0.5) is 0 Å². The first-order valence-electron chi connectivity index (χ1n) is 0. The Morgan fingerprint density at radius 2 is 0.273 bits per heavy atom. The third-order valence-electron chi connectivity index (χ3n) is 0. The fraction of sp³-hybridized carbons (Fsp3) is 0. The van der Waals surface area contributed by atoms with Crippen LogP contribution in [0.1, 0.15) is 0 Å². The minimum absolute atomic E-state index is 0. The van der Waals surface area contributed by atoms with E-state index in [1.165, 1.54) is 0 Å². The predicted molar refractivity (Wildman–Crippen MR) is 12.1 cm³/mol. The molecular formula is Fe5N3O3. The largest absolute Gasteiger partial charge is 3.00 e. The second-order valence-electron chi connectivity index (χ2n) is 0. The van der Waals surface area contributed by atoms with Gasteiger partial charge in [0.15, 0.2) is 0 Å². The Morgan fingerprint density at radius 3 is 0.273 bits per heavy atom. The van der Waals surface area contributed by atoms with Gasteiger partial charge in [-0.15, -0.1) is 0 Å². The van der Waals surface area contributed by atoms with Gasteiger partial charge in [0.05, 0.1) is 0 Å². The van der Waals surface area contributed by atoms with Crippen LogP contribution < -0.4 is 0 Å². The Hall–Kier alpha value is 2.36. The van der Waals surface area contributed by atoms with Gasteiger partial charge in [0.2, 0.25) is 0 Å². The summed E-state index contributed by atoms with van der Waals surface area (Å²) in [5.74, 6) is 0. The molecule has 73 valence electrons. The molecule has 11 heavy (non-hydrogen) atoms. The minimum Gasteiger partial charge on any atom is -3.00 e. The van der Waals surface area contributed by atoms with E-state index < -0.39 is 0 Å². The van der Waals surface area contributed by atoms with Crippen LogP contribution in [0, 0.1) is 0 Å². The van der Waals surface area contributed by atoms with E-state index in [9.17, 15) is 0 Å². The summed E-state index contributed by atoms with van der Waals surface area (Å²) in [6.07, 6.45) is 0. The van der Waals surface area contributed by atoms with Gasteiger partial charge in [-0.1, -0.05) is 0 Å². The van der Waals surface area contributed by atoms with E-state index >= 15 is 0 Å². The van der Waals surface area contributed by atoms with Crippen molar-refractivity contribution in [2.75, 3.05) is 0 Å². The van der Waals surface area contributed by atoms with Gasteiger partial charge in [0.1, 0.15) is 0 Å². The Morgan fingerprint density at radius 1 is 0.273 bits per heavy atom. The maximum Gasteiger partial charge on any atom is 3.00 e. The maximum atomic E-state index is 0. The van der Waals surface area contributed by atoms with E-state index in [1.807, 2.05) is 0 Å². The van der Waals surface area contributed by atoms with E-state index in [4.69, 9.17) is 0 Å². The summed E-state index contributed by atoms with van der Waals surface area (Å²) in [4.78, 5) is 0. The van der Waals surface area contributed by atoms with Gasteiger partial charge in [-0.25, -0.2) is 0 Å². The van der Waals surface area contributed by atoms with Crippen LogP contribution in [0.3, 0.4) is 0 Å².